The van der Waals surface area contributed by atoms with Gasteiger partial charge in [0.1, 0.15) is 0 Å². The lowest BCUT2D eigenvalue weighted by Gasteiger charge is -2.29. The summed E-state index contributed by atoms with van der Waals surface area (Å²) in [5, 5.41) is 11.9. The van der Waals surface area contributed by atoms with Gasteiger partial charge in [0.2, 0.25) is 0 Å². The number of aliphatic hydroxyl groups excluding tert-OH is 1. The van der Waals surface area contributed by atoms with Gasteiger partial charge in [-0.25, -0.2) is 0 Å². The maximum Gasteiger partial charge on any atom is 0.0871 e. The van der Waals surface area contributed by atoms with Crippen molar-refractivity contribution in [2.24, 2.45) is 5.92 Å². The third-order valence-electron chi connectivity index (χ3n) is 5.39. The van der Waals surface area contributed by atoms with Crippen molar-refractivity contribution in [2.45, 2.75) is 63.8 Å². The van der Waals surface area contributed by atoms with Crippen LogP contribution in [-0.4, -0.2) is 19.3 Å². The minimum absolute atomic E-state index is 0.242. The van der Waals surface area contributed by atoms with Crippen LogP contribution in [0.25, 0.3) is 0 Å². The molecule has 0 aromatic heterocycles. The molecule has 2 rings (SSSR count). The van der Waals surface area contributed by atoms with E-state index in [0.29, 0.717) is 11.5 Å². The molecule has 1 nitrogen and oxygen atoms in total. The molecule has 0 saturated heterocycles. The summed E-state index contributed by atoms with van der Waals surface area (Å²) in [6.45, 7) is 7.15. The molecule has 2 heteroatoms. The molecule has 0 heterocycles. The molecule has 2 atom stereocenters. The van der Waals surface area contributed by atoms with Gasteiger partial charge < -0.3 is 5.11 Å². The predicted molar refractivity (Wildman–Crippen MR) is 94.7 cm³/mol. The van der Waals surface area contributed by atoms with Crippen LogP contribution in [-0.2, 0) is 0 Å². The molecule has 0 unspecified atom stereocenters. The molecule has 1 aliphatic carbocycles. The fourth-order valence-corrected chi connectivity index (χ4v) is 5.45. The Balaban J connectivity index is 1.99. The van der Waals surface area contributed by atoms with Gasteiger partial charge in [-0.2, -0.15) is 0 Å². The molecule has 1 aromatic rings. The summed E-state index contributed by atoms with van der Waals surface area (Å²) in [6, 6.07) is 10.9. The Kier molecular flexibility index (Phi) is 5.83. The maximum absolute atomic E-state index is 10.4. The van der Waals surface area contributed by atoms with E-state index in [0.717, 1.165) is 0 Å². The first-order valence-corrected chi connectivity index (χ1v) is 11.5. The summed E-state index contributed by atoms with van der Waals surface area (Å²) < 4.78 is 0. The van der Waals surface area contributed by atoms with Crippen LogP contribution in [0.15, 0.2) is 42.5 Å². The minimum Gasteiger partial charge on any atom is -0.389 e. The molecule has 116 valence electrons. The first kappa shape index (κ1) is 16.5. The number of aliphatic hydroxyl groups is 1. The topological polar surface area (TPSA) is 20.2 Å². The van der Waals surface area contributed by atoms with Crippen molar-refractivity contribution in [1.29, 1.82) is 0 Å². The van der Waals surface area contributed by atoms with Crippen molar-refractivity contribution in [1.82, 2.24) is 0 Å². The Morgan fingerprint density at radius 2 is 1.67 bits per heavy atom. The van der Waals surface area contributed by atoms with Crippen LogP contribution in [0.3, 0.4) is 0 Å². The van der Waals surface area contributed by atoms with Gasteiger partial charge in [0.25, 0.3) is 0 Å². The second kappa shape index (κ2) is 7.41. The maximum atomic E-state index is 10.4. The first-order valence-electron chi connectivity index (χ1n) is 8.43. The number of rotatable bonds is 5. The van der Waals surface area contributed by atoms with Crippen molar-refractivity contribution >= 4 is 13.3 Å². The standard InChI is InChI=1S/C19H30OSi/c1-16(21(2,3)18-12-8-5-9-13-18)14-15-19(20)17-10-6-4-7-11-17/h5,8-9,12-17,19-20H,4,6-7,10-11H2,1-3H3/b15-14-/t16-,19-/m1/s1. The van der Waals surface area contributed by atoms with Crippen molar-refractivity contribution < 1.29 is 5.11 Å². The third-order valence-corrected chi connectivity index (χ3v) is 9.68. The number of allylic oxidation sites excluding steroid dienone is 1. The minimum atomic E-state index is -1.50. The zero-order valence-corrected chi connectivity index (χ0v) is 14.8. The normalized spacial score (nSPS) is 20.6. The van der Waals surface area contributed by atoms with E-state index in [1.165, 1.54) is 37.3 Å². The monoisotopic (exact) mass is 302 g/mol. The zero-order chi connectivity index (χ0) is 15.3. The Morgan fingerprint density at radius 1 is 1.05 bits per heavy atom. The summed E-state index contributed by atoms with van der Waals surface area (Å²) in [7, 11) is -1.50. The molecule has 1 aliphatic rings. The molecule has 0 spiro atoms. The summed E-state index contributed by atoms with van der Waals surface area (Å²) in [6.07, 6.45) is 10.4. The average molecular weight is 303 g/mol. The third kappa shape index (κ3) is 4.30. The lowest BCUT2D eigenvalue weighted by Crippen LogP contribution is -2.44. The molecule has 1 aromatic carbocycles. The van der Waals surface area contributed by atoms with E-state index >= 15 is 0 Å². The SMILES string of the molecule is C[C@H](/C=C\[C@@H](O)C1CCCCC1)[Si](C)(C)c1ccccc1. The highest BCUT2D eigenvalue weighted by atomic mass is 28.3. The van der Waals surface area contributed by atoms with E-state index in [2.05, 4.69) is 62.5 Å². The molecule has 21 heavy (non-hydrogen) atoms. The Labute approximate surface area is 131 Å². The largest absolute Gasteiger partial charge is 0.389 e. The molecular formula is C19H30OSi. The Bertz CT molecular complexity index is 446. The second-order valence-electron chi connectivity index (χ2n) is 7.15. The smallest absolute Gasteiger partial charge is 0.0871 e. The predicted octanol–water partition coefficient (Wildman–Crippen LogP) is 4.49. The number of hydrogen-bond acceptors (Lipinski definition) is 1. The zero-order valence-electron chi connectivity index (χ0n) is 13.8. The highest BCUT2D eigenvalue weighted by Crippen LogP contribution is 2.28. The molecule has 1 fully saturated rings. The van der Waals surface area contributed by atoms with E-state index in [1.807, 2.05) is 0 Å². The summed E-state index contributed by atoms with van der Waals surface area (Å²) in [5.74, 6) is 0.490. The molecular weight excluding hydrogens is 272 g/mol. The lowest BCUT2D eigenvalue weighted by molar-refractivity contribution is 0.125. The van der Waals surface area contributed by atoms with Gasteiger partial charge in [-0.05, 0) is 24.3 Å². The van der Waals surface area contributed by atoms with E-state index in [4.69, 9.17) is 0 Å². The molecule has 0 radical (unpaired) electrons. The van der Waals surface area contributed by atoms with Gasteiger partial charge in [-0.3, -0.25) is 0 Å². The van der Waals surface area contributed by atoms with Crippen molar-refractivity contribution in [3.05, 3.63) is 42.5 Å². The quantitative estimate of drug-likeness (QED) is 0.627. The van der Waals surface area contributed by atoms with Crippen molar-refractivity contribution in [2.75, 3.05) is 0 Å². The Morgan fingerprint density at radius 3 is 2.29 bits per heavy atom. The van der Waals surface area contributed by atoms with Crippen LogP contribution in [0.2, 0.25) is 18.6 Å². The van der Waals surface area contributed by atoms with Gasteiger partial charge in [0.15, 0.2) is 0 Å². The second-order valence-corrected chi connectivity index (χ2v) is 12.1. The molecule has 1 saturated carbocycles. The van der Waals surface area contributed by atoms with E-state index < -0.39 is 8.07 Å². The summed E-state index contributed by atoms with van der Waals surface area (Å²) in [4.78, 5) is 0. The lowest BCUT2D eigenvalue weighted by atomic mass is 9.85. The van der Waals surface area contributed by atoms with Gasteiger partial charge in [0.05, 0.1) is 14.2 Å². The molecule has 0 amide bonds. The van der Waals surface area contributed by atoms with Gasteiger partial charge in [-0.1, -0.05) is 87.0 Å². The molecule has 0 aliphatic heterocycles. The number of hydrogen-bond donors (Lipinski definition) is 1. The van der Waals surface area contributed by atoms with Crippen LogP contribution in [0, 0.1) is 5.92 Å². The molecule has 1 N–H and O–H groups in total. The van der Waals surface area contributed by atoms with Crippen LogP contribution in [0.4, 0.5) is 0 Å². The summed E-state index contributed by atoms with van der Waals surface area (Å²) >= 11 is 0. The number of benzene rings is 1. The fourth-order valence-electron chi connectivity index (χ4n) is 3.28. The van der Waals surface area contributed by atoms with Gasteiger partial charge >= 0.3 is 0 Å². The first-order chi connectivity index (χ1) is 10.0. The van der Waals surface area contributed by atoms with E-state index in [1.54, 1.807) is 0 Å². The van der Waals surface area contributed by atoms with Crippen molar-refractivity contribution in [3.8, 4) is 0 Å². The van der Waals surface area contributed by atoms with E-state index in [9.17, 15) is 5.11 Å². The average Bonchev–Trinajstić information content (AvgIpc) is 2.53. The molecule has 0 bridgehead atoms. The van der Waals surface area contributed by atoms with E-state index in [-0.39, 0.29) is 6.10 Å². The highest BCUT2D eigenvalue weighted by molar-refractivity contribution is 6.91. The van der Waals surface area contributed by atoms with Crippen LogP contribution in [0.1, 0.15) is 39.0 Å². The van der Waals surface area contributed by atoms with Crippen LogP contribution in [0.5, 0.6) is 0 Å². The van der Waals surface area contributed by atoms with Gasteiger partial charge in [-0.15, -0.1) is 0 Å². The highest BCUT2D eigenvalue weighted by Gasteiger charge is 2.29. The summed E-state index contributed by atoms with van der Waals surface area (Å²) in [5.41, 5.74) is 0.540. The van der Waals surface area contributed by atoms with Crippen LogP contribution < -0.4 is 5.19 Å². The van der Waals surface area contributed by atoms with Crippen molar-refractivity contribution in [3.63, 3.8) is 0 Å². The fraction of sp³-hybridized carbons (Fsp3) is 0.579. The van der Waals surface area contributed by atoms with Gasteiger partial charge in [0, 0.05) is 0 Å². The van der Waals surface area contributed by atoms with Crippen LogP contribution >= 0.6 is 0 Å². The Hall–Kier alpha value is -0.863.